The molecular weight excluding hydrogens is 280 g/mol. The van der Waals surface area contributed by atoms with Crippen LogP contribution in [-0.4, -0.2) is 43.4 Å². The number of carbonyl (C=O) groups excluding carboxylic acids is 1. The van der Waals surface area contributed by atoms with E-state index in [9.17, 15) is 9.90 Å². The van der Waals surface area contributed by atoms with Crippen LogP contribution < -0.4 is 10.6 Å². The molecule has 1 amide bonds. The Hall–Kier alpha value is -1.43. The Labute approximate surface area is 131 Å². The van der Waals surface area contributed by atoms with Gasteiger partial charge in [-0.1, -0.05) is 30.3 Å². The lowest BCUT2D eigenvalue weighted by molar-refractivity contribution is -0.135. The largest absolute Gasteiger partial charge is 0.391 e. The summed E-state index contributed by atoms with van der Waals surface area (Å²) in [4.78, 5) is 12.6. The third-order valence-corrected chi connectivity index (χ3v) is 4.63. The number of rotatable bonds is 4. The summed E-state index contributed by atoms with van der Waals surface area (Å²) in [6.07, 6.45) is 1.22. The SMILES string of the molecule is O=C(NCC1CNCC1O)C1CCCOC1c1ccccc1. The summed E-state index contributed by atoms with van der Waals surface area (Å²) in [6, 6.07) is 9.95. The summed E-state index contributed by atoms with van der Waals surface area (Å²) >= 11 is 0. The third-order valence-electron chi connectivity index (χ3n) is 4.63. The maximum Gasteiger partial charge on any atom is 0.226 e. The molecule has 22 heavy (non-hydrogen) atoms. The van der Waals surface area contributed by atoms with E-state index in [0.717, 1.165) is 24.9 Å². The van der Waals surface area contributed by atoms with Gasteiger partial charge in [0, 0.05) is 32.2 Å². The lowest BCUT2D eigenvalue weighted by Crippen LogP contribution is -2.41. The molecule has 5 nitrogen and oxygen atoms in total. The van der Waals surface area contributed by atoms with Crippen molar-refractivity contribution in [3.8, 4) is 0 Å². The first-order valence-corrected chi connectivity index (χ1v) is 8.09. The third kappa shape index (κ3) is 3.48. The van der Waals surface area contributed by atoms with Gasteiger partial charge in [-0.15, -0.1) is 0 Å². The van der Waals surface area contributed by atoms with E-state index in [-0.39, 0.29) is 30.0 Å². The Morgan fingerprint density at radius 2 is 2.14 bits per heavy atom. The quantitative estimate of drug-likeness (QED) is 0.771. The first kappa shape index (κ1) is 15.5. The number of carbonyl (C=O) groups is 1. The van der Waals surface area contributed by atoms with Crippen LogP contribution in [0.2, 0.25) is 0 Å². The number of nitrogens with one attached hydrogen (secondary N) is 2. The van der Waals surface area contributed by atoms with E-state index in [0.29, 0.717) is 19.7 Å². The zero-order valence-electron chi connectivity index (χ0n) is 12.7. The minimum absolute atomic E-state index is 0.0349. The van der Waals surface area contributed by atoms with Gasteiger partial charge in [-0.25, -0.2) is 0 Å². The van der Waals surface area contributed by atoms with E-state index in [1.165, 1.54) is 0 Å². The van der Waals surface area contributed by atoms with Crippen molar-refractivity contribution in [2.24, 2.45) is 11.8 Å². The van der Waals surface area contributed by atoms with Crippen LogP contribution in [0.4, 0.5) is 0 Å². The molecule has 1 aromatic carbocycles. The van der Waals surface area contributed by atoms with Crippen LogP contribution in [0.5, 0.6) is 0 Å². The number of amides is 1. The summed E-state index contributed by atoms with van der Waals surface area (Å²) < 4.78 is 5.87. The van der Waals surface area contributed by atoms with Crippen molar-refractivity contribution >= 4 is 5.91 Å². The molecule has 3 rings (SSSR count). The van der Waals surface area contributed by atoms with Crippen LogP contribution in [0.15, 0.2) is 30.3 Å². The standard InChI is InChI=1S/C17H24N2O3/c20-15-11-18-9-13(15)10-19-17(21)14-7-4-8-22-16(14)12-5-2-1-3-6-12/h1-3,5-6,13-16,18,20H,4,7-11H2,(H,19,21). The highest BCUT2D eigenvalue weighted by molar-refractivity contribution is 5.79. The number of ether oxygens (including phenoxy) is 1. The van der Waals surface area contributed by atoms with E-state index in [4.69, 9.17) is 4.74 Å². The molecule has 2 aliphatic heterocycles. The monoisotopic (exact) mass is 304 g/mol. The highest BCUT2D eigenvalue weighted by Gasteiger charge is 2.34. The Bertz CT molecular complexity index is 494. The van der Waals surface area contributed by atoms with Gasteiger partial charge < -0.3 is 20.5 Å². The molecule has 4 unspecified atom stereocenters. The molecule has 2 heterocycles. The average Bonchev–Trinajstić information content (AvgIpc) is 2.98. The second-order valence-electron chi connectivity index (χ2n) is 6.18. The van der Waals surface area contributed by atoms with Gasteiger partial charge in [-0.2, -0.15) is 0 Å². The van der Waals surface area contributed by atoms with E-state index in [1.807, 2.05) is 30.3 Å². The van der Waals surface area contributed by atoms with Crippen molar-refractivity contribution in [1.82, 2.24) is 10.6 Å². The molecule has 1 aromatic rings. The normalized spacial score (nSPS) is 31.9. The highest BCUT2D eigenvalue weighted by Crippen LogP contribution is 2.33. The van der Waals surface area contributed by atoms with Gasteiger partial charge in [-0.05, 0) is 18.4 Å². The van der Waals surface area contributed by atoms with Gasteiger partial charge in [0.2, 0.25) is 5.91 Å². The molecule has 0 saturated carbocycles. The Kier molecular flexibility index (Phi) is 5.08. The minimum atomic E-state index is -0.368. The average molecular weight is 304 g/mol. The van der Waals surface area contributed by atoms with E-state index >= 15 is 0 Å². The van der Waals surface area contributed by atoms with Crippen LogP contribution in [0.25, 0.3) is 0 Å². The second kappa shape index (κ2) is 7.22. The fourth-order valence-corrected chi connectivity index (χ4v) is 3.31. The van der Waals surface area contributed by atoms with Gasteiger partial charge in [0.1, 0.15) is 0 Å². The summed E-state index contributed by atoms with van der Waals surface area (Å²) in [5.74, 6) is -0.0149. The zero-order valence-corrected chi connectivity index (χ0v) is 12.7. The first-order valence-electron chi connectivity index (χ1n) is 8.09. The molecule has 0 bridgehead atoms. The summed E-state index contributed by atoms with van der Waals surface area (Å²) in [7, 11) is 0. The number of aliphatic hydroxyl groups excluding tert-OH is 1. The molecule has 5 heteroatoms. The van der Waals surface area contributed by atoms with Crippen LogP contribution in [0.3, 0.4) is 0 Å². The molecule has 0 aromatic heterocycles. The summed E-state index contributed by atoms with van der Waals surface area (Å²) in [5.41, 5.74) is 1.06. The maximum atomic E-state index is 12.6. The molecule has 0 radical (unpaired) electrons. The molecule has 4 atom stereocenters. The summed E-state index contributed by atoms with van der Waals surface area (Å²) in [5, 5.41) is 15.9. The van der Waals surface area contributed by atoms with Gasteiger partial charge >= 0.3 is 0 Å². The molecule has 3 N–H and O–H groups in total. The molecule has 0 aliphatic carbocycles. The Balaban J connectivity index is 1.61. The molecule has 2 saturated heterocycles. The molecule has 120 valence electrons. The lowest BCUT2D eigenvalue weighted by atomic mass is 9.88. The predicted molar refractivity (Wildman–Crippen MR) is 83.2 cm³/mol. The Morgan fingerprint density at radius 1 is 1.32 bits per heavy atom. The van der Waals surface area contributed by atoms with E-state index < -0.39 is 0 Å². The van der Waals surface area contributed by atoms with Crippen molar-refractivity contribution in [2.75, 3.05) is 26.2 Å². The van der Waals surface area contributed by atoms with Crippen molar-refractivity contribution in [1.29, 1.82) is 0 Å². The fraction of sp³-hybridized carbons (Fsp3) is 0.588. The van der Waals surface area contributed by atoms with Crippen LogP contribution >= 0.6 is 0 Å². The molecule has 2 fully saturated rings. The van der Waals surface area contributed by atoms with E-state index in [1.54, 1.807) is 0 Å². The van der Waals surface area contributed by atoms with Gasteiger partial charge in [0.05, 0.1) is 18.1 Å². The molecule has 2 aliphatic rings. The predicted octanol–water partition coefficient (Wildman–Crippen LogP) is 0.851. The van der Waals surface area contributed by atoms with Crippen molar-refractivity contribution in [3.63, 3.8) is 0 Å². The second-order valence-corrected chi connectivity index (χ2v) is 6.18. The molecular formula is C17H24N2O3. The van der Waals surface area contributed by atoms with Gasteiger partial charge in [0.15, 0.2) is 0 Å². The van der Waals surface area contributed by atoms with Gasteiger partial charge in [-0.3, -0.25) is 4.79 Å². The number of aliphatic hydroxyl groups is 1. The van der Waals surface area contributed by atoms with Gasteiger partial charge in [0.25, 0.3) is 0 Å². The Morgan fingerprint density at radius 3 is 2.86 bits per heavy atom. The first-order chi connectivity index (χ1) is 10.8. The smallest absolute Gasteiger partial charge is 0.226 e. The number of β-amino-alcohol motifs (C(OH)–C–C–N with tert-alkyl or cyclic N) is 1. The van der Waals surface area contributed by atoms with Crippen molar-refractivity contribution in [3.05, 3.63) is 35.9 Å². The van der Waals surface area contributed by atoms with Crippen LogP contribution in [-0.2, 0) is 9.53 Å². The van der Waals surface area contributed by atoms with Crippen molar-refractivity contribution < 1.29 is 14.6 Å². The number of hydrogen-bond donors (Lipinski definition) is 3. The highest BCUT2D eigenvalue weighted by atomic mass is 16.5. The maximum absolute atomic E-state index is 12.6. The fourth-order valence-electron chi connectivity index (χ4n) is 3.31. The lowest BCUT2D eigenvalue weighted by Gasteiger charge is -2.31. The minimum Gasteiger partial charge on any atom is -0.391 e. The van der Waals surface area contributed by atoms with Crippen LogP contribution in [0.1, 0.15) is 24.5 Å². The summed E-state index contributed by atoms with van der Waals surface area (Å²) in [6.45, 7) is 2.59. The van der Waals surface area contributed by atoms with E-state index in [2.05, 4.69) is 10.6 Å². The number of benzene rings is 1. The zero-order chi connectivity index (χ0) is 15.4. The van der Waals surface area contributed by atoms with Crippen LogP contribution in [0, 0.1) is 11.8 Å². The molecule has 0 spiro atoms. The topological polar surface area (TPSA) is 70.6 Å². The van der Waals surface area contributed by atoms with Crippen molar-refractivity contribution in [2.45, 2.75) is 25.0 Å². The number of hydrogen-bond acceptors (Lipinski definition) is 4.